The summed E-state index contributed by atoms with van der Waals surface area (Å²) in [5, 5.41) is 13.6. The fraction of sp³-hybridized carbons (Fsp3) is 0.152. The zero-order chi connectivity index (χ0) is 36.7. The summed E-state index contributed by atoms with van der Waals surface area (Å²) in [6.45, 7) is 2.92. The van der Waals surface area contributed by atoms with E-state index in [1.807, 2.05) is 35.0 Å². The monoisotopic (exact) mass is 707 g/mol. The molecule has 8 nitrogen and oxygen atoms in total. The molecule has 8 aromatic rings. The van der Waals surface area contributed by atoms with Crippen LogP contribution in [-0.4, -0.2) is 41.9 Å². The van der Waals surface area contributed by atoms with E-state index in [0.29, 0.717) is 5.82 Å². The molecule has 54 heavy (non-hydrogen) atoms. The molecule has 0 radical (unpaired) electrons. The quantitative estimate of drug-likeness (QED) is 0.111. The largest absolute Gasteiger partial charge is 0.494 e. The van der Waals surface area contributed by atoms with Crippen molar-refractivity contribution in [2.24, 2.45) is 0 Å². The molecule has 0 bridgehead atoms. The third-order valence-corrected chi connectivity index (χ3v) is 9.99. The van der Waals surface area contributed by atoms with E-state index in [-0.39, 0.29) is 0 Å². The van der Waals surface area contributed by atoms with Crippen LogP contribution in [0.3, 0.4) is 0 Å². The Morgan fingerprint density at radius 2 is 1.22 bits per heavy atom. The Balaban J connectivity index is 1.10. The van der Waals surface area contributed by atoms with Crippen LogP contribution in [0.1, 0.15) is 47.8 Å². The second-order valence-electron chi connectivity index (χ2n) is 13.3. The summed E-state index contributed by atoms with van der Waals surface area (Å²) in [7, 11) is 1.67. The number of pyridine rings is 1. The van der Waals surface area contributed by atoms with Gasteiger partial charge in [-0.1, -0.05) is 153 Å². The Kier molecular flexibility index (Phi) is 9.89. The van der Waals surface area contributed by atoms with E-state index < -0.39 is 5.54 Å². The Hall–Kier alpha value is -6.67. The summed E-state index contributed by atoms with van der Waals surface area (Å²) in [6.07, 6.45) is 6.96. The molecule has 266 valence electrons. The van der Waals surface area contributed by atoms with Gasteiger partial charge in [-0.05, 0) is 62.4 Å². The normalized spacial score (nSPS) is 11.4. The standard InChI is InChI=1S/C46H41N7O/c1-3-4-22-43-48-41(44-42(54-2)21-14-31-47-44)33-52(43)32-34-23-25-35(26-24-34)36-27-29-37(30-28-36)45-49-50-51-53(45)46(38-15-8-5-9-16-38,39-17-10-6-11-18-39)40-19-12-7-13-20-40/h5-21,23-31,33H,3-4,22,32H2,1-2H3. The van der Waals surface area contributed by atoms with Crippen molar-refractivity contribution in [3.8, 4) is 39.7 Å². The highest BCUT2D eigenvalue weighted by Gasteiger charge is 2.41. The third-order valence-electron chi connectivity index (χ3n) is 9.99. The highest BCUT2D eigenvalue weighted by atomic mass is 16.5. The lowest BCUT2D eigenvalue weighted by molar-refractivity contribution is 0.414. The number of methoxy groups -OCH3 is 1. The van der Waals surface area contributed by atoms with Gasteiger partial charge < -0.3 is 9.30 Å². The molecule has 3 heterocycles. The van der Waals surface area contributed by atoms with Crippen LogP contribution in [-0.2, 0) is 18.5 Å². The fourth-order valence-corrected chi connectivity index (χ4v) is 7.30. The number of rotatable bonds is 13. The van der Waals surface area contributed by atoms with Crippen LogP contribution < -0.4 is 4.74 Å². The lowest BCUT2D eigenvalue weighted by Crippen LogP contribution is -2.39. The Labute approximate surface area is 315 Å². The molecule has 8 rings (SSSR count). The molecule has 0 saturated heterocycles. The van der Waals surface area contributed by atoms with Crippen molar-refractivity contribution >= 4 is 0 Å². The van der Waals surface area contributed by atoms with Crippen LogP contribution in [0.5, 0.6) is 5.75 Å². The molecule has 0 fully saturated rings. The number of nitrogens with zero attached hydrogens (tertiary/aromatic N) is 7. The zero-order valence-corrected chi connectivity index (χ0v) is 30.5. The maximum absolute atomic E-state index is 5.58. The van der Waals surface area contributed by atoms with Crippen LogP contribution in [0, 0.1) is 0 Å². The van der Waals surface area contributed by atoms with E-state index in [0.717, 1.165) is 82.1 Å². The van der Waals surface area contributed by atoms with Gasteiger partial charge in [0.1, 0.15) is 28.5 Å². The first-order valence-electron chi connectivity index (χ1n) is 18.4. The van der Waals surface area contributed by atoms with Crippen LogP contribution in [0.2, 0.25) is 0 Å². The first-order valence-corrected chi connectivity index (χ1v) is 18.4. The van der Waals surface area contributed by atoms with E-state index in [1.165, 1.54) is 5.56 Å². The number of aryl methyl sites for hydroxylation is 1. The highest BCUT2D eigenvalue weighted by Crippen LogP contribution is 2.42. The summed E-state index contributed by atoms with van der Waals surface area (Å²) < 4.78 is 9.80. The van der Waals surface area contributed by atoms with Gasteiger partial charge in [0.2, 0.25) is 0 Å². The summed E-state index contributed by atoms with van der Waals surface area (Å²) in [5.74, 6) is 2.45. The Bertz CT molecular complexity index is 2330. The second kappa shape index (κ2) is 15.5. The predicted molar refractivity (Wildman–Crippen MR) is 213 cm³/mol. The van der Waals surface area contributed by atoms with Gasteiger partial charge in [-0.2, -0.15) is 0 Å². The number of benzene rings is 5. The van der Waals surface area contributed by atoms with Crippen LogP contribution >= 0.6 is 0 Å². The van der Waals surface area contributed by atoms with E-state index in [2.05, 4.69) is 154 Å². The third kappa shape index (κ3) is 6.58. The van der Waals surface area contributed by atoms with Crippen molar-refractivity contribution in [2.45, 2.75) is 38.3 Å². The van der Waals surface area contributed by atoms with Crippen molar-refractivity contribution in [2.75, 3.05) is 7.11 Å². The van der Waals surface area contributed by atoms with Gasteiger partial charge in [0.25, 0.3) is 0 Å². The van der Waals surface area contributed by atoms with Gasteiger partial charge in [0, 0.05) is 30.9 Å². The molecule has 0 aliphatic carbocycles. The van der Waals surface area contributed by atoms with Crippen LogP contribution in [0.25, 0.3) is 33.9 Å². The van der Waals surface area contributed by atoms with Gasteiger partial charge in [0.15, 0.2) is 5.82 Å². The lowest BCUT2D eigenvalue weighted by atomic mass is 9.77. The molecule has 0 atom stereocenters. The van der Waals surface area contributed by atoms with Crippen molar-refractivity contribution < 1.29 is 4.74 Å². The van der Waals surface area contributed by atoms with E-state index in [4.69, 9.17) is 14.9 Å². The molecule has 0 saturated carbocycles. The van der Waals surface area contributed by atoms with Gasteiger partial charge in [-0.15, -0.1) is 5.10 Å². The number of aromatic nitrogens is 7. The topological polar surface area (TPSA) is 83.5 Å². The number of unbranched alkanes of at least 4 members (excludes halogenated alkanes) is 1. The number of imidazole rings is 1. The second-order valence-corrected chi connectivity index (χ2v) is 13.3. The average Bonchev–Trinajstić information content (AvgIpc) is 3.90. The van der Waals surface area contributed by atoms with E-state index in [1.54, 1.807) is 13.3 Å². The highest BCUT2D eigenvalue weighted by molar-refractivity contribution is 5.69. The summed E-state index contributed by atoms with van der Waals surface area (Å²) in [5.41, 5.74) is 8.33. The molecule has 0 spiro atoms. The van der Waals surface area contributed by atoms with Crippen LogP contribution in [0.15, 0.2) is 164 Å². The molecule has 0 unspecified atom stereocenters. The molecule has 5 aromatic carbocycles. The summed E-state index contributed by atoms with van der Waals surface area (Å²) in [4.78, 5) is 9.57. The zero-order valence-electron chi connectivity index (χ0n) is 30.5. The molecule has 0 aliphatic rings. The minimum atomic E-state index is -0.812. The Morgan fingerprint density at radius 3 is 1.80 bits per heavy atom. The molecule has 8 heteroatoms. The van der Waals surface area contributed by atoms with Gasteiger partial charge >= 0.3 is 0 Å². The van der Waals surface area contributed by atoms with E-state index >= 15 is 0 Å². The van der Waals surface area contributed by atoms with Gasteiger partial charge in [0.05, 0.1) is 7.11 Å². The SMILES string of the molecule is CCCCc1nc(-c2ncccc2OC)cn1Cc1ccc(-c2ccc(-c3nnnn3C(c3ccccc3)(c3ccccc3)c3ccccc3)cc2)cc1. The predicted octanol–water partition coefficient (Wildman–Crippen LogP) is 9.51. The number of hydrogen-bond donors (Lipinski definition) is 0. The molecule has 0 aliphatic heterocycles. The molecule has 3 aromatic heterocycles. The number of ether oxygens (including phenoxy) is 1. The summed E-state index contributed by atoms with van der Waals surface area (Å²) >= 11 is 0. The van der Waals surface area contributed by atoms with Crippen LogP contribution in [0.4, 0.5) is 0 Å². The van der Waals surface area contributed by atoms with Gasteiger partial charge in [-0.25, -0.2) is 9.67 Å². The Morgan fingerprint density at radius 1 is 0.648 bits per heavy atom. The molecule has 0 amide bonds. The number of hydrogen-bond acceptors (Lipinski definition) is 6. The van der Waals surface area contributed by atoms with Crippen molar-refractivity contribution in [1.29, 1.82) is 0 Å². The number of tetrazole rings is 1. The smallest absolute Gasteiger partial charge is 0.183 e. The minimum absolute atomic E-state index is 0.676. The van der Waals surface area contributed by atoms with Crippen molar-refractivity contribution in [3.05, 3.63) is 192 Å². The fourth-order valence-electron chi connectivity index (χ4n) is 7.30. The maximum Gasteiger partial charge on any atom is 0.183 e. The lowest BCUT2D eigenvalue weighted by Gasteiger charge is -2.36. The minimum Gasteiger partial charge on any atom is -0.494 e. The average molecular weight is 708 g/mol. The molecular weight excluding hydrogens is 667 g/mol. The van der Waals surface area contributed by atoms with Gasteiger partial charge in [-0.3, -0.25) is 4.98 Å². The first kappa shape index (κ1) is 34.4. The summed E-state index contributed by atoms with van der Waals surface area (Å²) in [6, 6.07) is 52.5. The maximum atomic E-state index is 5.58. The molecular formula is C46H41N7O. The first-order chi connectivity index (χ1) is 26.7. The van der Waals surface area contributed by atoms with Crippen molar-refractivity contribution in [1.82, 2.24) is 34.7 Å². The molecule has 0 N–H and O–H groups in total. The van der Waals surface area contributed by atoms with Crippen molar-refractivity contribution in [3.63, 3.8) is 0 Å². The van der Waals surface area contributed by atoms with E-state index in [9.17, 15) is 0 Å².